The summed E-state index contributed by atoms with van der Waals surface area (Å²) in [6, 6.07) is 10.8. The number of aliphatic hydroxyl groups is 1. The molecule has 3 saturated carbocycles. The van der Waals surface area contributed by atoms with Gasteiger partial charge >= 0.3 is 7.82 Å². The normalized spacial score (nSPS) is 37.3. The predicted molar refractivity (Wildman–Crippen MR) is 168 cm³/mol. The molecular weight excluding hydrogens is 647 g/mol. The molecule has 0 unspecified atom stereocenters. The van der Waals surface area contributed by atoms with E-state index in [4.69, 9.17) is 15.2 Å². The van der Waals surface area contributed by atoms with Gasteiger partial charge in [0.2, 0.25) is 0 Å². The van der Waals surface area contributed by atoms with E-state index in [0.717, 1.165) is 5.57 Å². The summed E-state index contributed by atoms with van der Waals surface area (Å²) in [5.74, 6) is -4.70. The number of hydrogen-bond donors (Lipinski definition) is 4. The van der Waals surface area contributed by atoms with Crippen molar-refractivity contribution in [2.45, 2.75) is 69.6 Å². The number of anilines is 1. The summed E-state index contributed by atoms with van der Waals surface area (Å²) in [7, 11) is -5.03. The van der Waals surface area contributed by atoms with Crippen LogP contribution in [0, 0.1) is 28.6 Å². The smallest absolute Gasteiger partial charge is 0.399 e. The molecule has 0 amide bonds. The summed E-state index contributed by atoms with van der Waals surface area (Å²) in [6.45, 7) is 2.92. The lowest BCUT2D eigenvalue weighted by Crippen LogP contribution is -2.63. The number of ether oxygens (including phenoxy) is 2. The van der Waals surface area contributed by atoms with Crippen molar-refractivity contribution in [1.29, 1.82) is 0 Å². The lowest BCUT2D eigenvalue weighted by Gasteiger charge is -2.59. The van der Waals surface area contributed by atoms with Crippen LogP contribution in [0.3, 0.4) is 0 Å². The lowest BCUT2D eigenvalue weighted by atomic mass is 9.46. The third-order valence-corrected chi connectivity index (χ3v) is 12.3. The van der Waals surface area contributed by atoms with Gasteiger partial charge in [0.25, 0.3) is 5.92 Å². The molecule has 1 saturated heterocycles. The van der Waals surface area contributed by atoms with Crippen LogP contribution in [0.2, 0.25) is 0 Å². The van der Waals surface area contributed by atoms with Crippen molar-refractivity contribution in [2.75, 3.05) is 12.3 Å². The number of halogens is 2. The molecule has 4 fully saturated rings. The van der Waals surface area contributed by atoms with E-state index in [2.05, 4.69) is 4.52 Å². The minimum Gasteiger partial charge on any atom is -0.399 e. The fourth-order valence-corrected chi connectivity index (χ4v) is 10.0. The van der Waals surface area contributed by atoms with Gasteiger partial charge in [0.15, 0.2) is 23.5 Å². The zero-order valence-electron chi connectivity index (χ0n) is 26.4. The van der Waals surface area contributed by atoms with Crippen molar-refractivity contribution in [3.63, 3.8) is 0 Å². The summed E-state index contributed by atoms with van der Waals surface area (Å²) < 4.78 is 60.1. The first kappa shape index (κ1) is 33.4. The molecule has 10 nitrogen and oxygen atoms in total. The minimum atomic E-state index is -5.03. The molecule has 2 aromatic carbocycles. The van der Waals surface area contributed by atoms with E-state index in [0.29, 0.717) is 24.8 Å². The number of carbonyl (C=O) groups excluding carboxylic acids is 2. The zero-order valence-corrected chi connectivity index (χ0v) is 27.3. The minimum absolute atomic E-state index is 0.0871. The van der Waals surface area contributed by atoms with Gasteiger partial charge in [-0.05, 0) is 61.8 Å². The molecule has 0 aromatic heterocycles. The number of ketones is 2. The van der Waals surface area contributed by atoms with E-state index in [1.54, 1.807) is 6.08 Å². The number of rotatable bonds is 7. The Morgan fingerprint density at radius 3 is 2.56 bits per heavy atom. The fourth-order valence-electron chi connectivity index (χ4n) is 9.72. The van der Waals surface area contributed by atoms with Crippen LogP contribution in [0.4, 0.5) is 14.5 Å². The summed E-state index contributed by atoms with van der Waals surface area (Å²) in [5, 5.41) is 11.9. The second-order valence-corrected chi connectivity index (χ2v) is 15.5. The van der Waals surface area contributed by atoms with Crippen LogP contribution >= 0.6 is 7.82 Å². The molecule has 0 radical (unpaired) electrons. The van der Waals surface area contributed by atoms with Crippen molar-refractivity contribution < 1.29 is 51.8 Å². The topological polar surface area (TPSA) is 166 Å². The van der Waals surface area contributed by atoms with Crippen LogP contribution in [0.1, 0.15) is 62.5 Å². The fraction of sp³-hybridized carbons (Fsp3) is 0.486. The Morgan fingerprint density at radius 1 is 1.15 bits per heavy atom. The Balaban J connectivity index is 1.22. The van der Waals surface area contributed by atoms with Gasteiger partial charge in [-0.25, -0.2) is 4.57 Å². The number of hydrogen-bond acceptors (Lipinski definition) is 8. The van der Waals surface area contributed by atoms with Gasteiger partial charge in [0, 0.05) is 39.1 Å². The van der Waals surface area contributed by atoms with E-state index >= 15 is 8.78 Å². The van der Waals surface area contributed by atoms with E-state index < -0.39 is 61.1 Å². The standard InChI is InChI=1S/C35H38F2NO9P/c1-32-13-12-24(39)15-21(32)10-11-25-26-16-29-34(28(41)18-45-48(42,43)44,33(26,2)17-27(40)30(25)32)47-31(46-29)19-6-8-20(9-7-19)35(36,37)22-4-3-5-23(38)14-22/h3-9,12-15,25-27,29-31,40H,10-11,16-18,38H2,1-2H3,(H2,42,43,44)/t25-,26-,27-,29+,30+,31+,32-,33-,34+/m0/s1. The van der Waals surface area contributed by atoms with Crippen LogP contribution in [0.5, 0.6) is 0 Å². The largest absolute Gasteiger partial charge is 0.470 e. The highest BCUT2D eigenvalue weighted by Crippen LogP contribution is 2.70. The highest BCUT2D eigenvalue weighted by molar-refractivity contribution is 7.46. The molecule has 5 aliphatic rings. The molecule has 256 valence electrons. The van der Waals surface area contributed by atoms with Crippen LogP contribution < -0.4 is 5.73 Å². The molecule has 0 bridgehead atoms. The van der Waals surface area contributed by atoms with E-state index in [-0.39, 0.29) is 46.8 Å². The van der Waals surface area contributed by atoms with Crippen LogP contribution in [0.15, 0.2) is 72.3 Å². The monoisotopic (exact) mass is 685 g/mol. The summed E-state index contributed by atoms with van der Waals surface area (Å²) in [4.78, 5) is 45.3. The molecule has 7 rings (SSSR count). The molecule has 9 atom stereocenters. The van der Waals surface area contributed by atoms with Gasteiger partial charge in [0.05, 0.1) is 12.2 Å². The predicted octanol–water partition coefficient (Wildman–Crippen LogP) is 5.13. The Labute approximate surface area is 276 Å². The highest BCUT2D eigenvalue weighted by Gasteiger charge is 2.76. The number of allylic oxidation sites excluding steroid dienone is 4. The summed E-state index contributed by atoms with van der Waals surface area (Å²) in [6.07, 6.45) is 3.87. The van der Waals surface area contributed by atoms with Crippen LogP contribution in [0.25, 0.3) is 0 Å². The van der Waals surface area contributed by atoms with Gasteiger partial charge < -0.3 is 30.1 Å². The Bertz CT molecular complexity index is 1770. The first-order valence-electron chi connectivity index (χ1n) is 16.0. The van der Waals surface area contributed by atoms with Gasteiger partial charge in [-0.15, -0.1) is 0 Å². The van der Waals surface area contributed by atoms with E-state index in [9.17, 15) is 29.0 Å². The van der Waals surface area contributed by atoms with Crippen LogP contribution in [-0.2, 0) is 34.1 Å². The highest BCUT2D eigenvalue weighted by atomic mass is 31.2. The average molecular weight is 686 g/mol. The second kappa shape index (κ2) is 11.2. The number of Topliss-reactive ketones (excluding diaryl/α,β-unsaturated/α-hetero) is 1. The Hall–Kier alpha value is -3.09. The third kappa shape index (κ3) is 4.99. The van der Waals surface area contributed by atoms with Crippen molar-refractivity contribution >= 4 is 25.1 Å². The van der Waals surface area contributed by atoms with Crippen molar-refractivity contribution in [1.82, 2.24) is 0 Å². The summed E-state index contributed by atoms with van der Waals surface area (Å²) >= 11 is 0. The van der Waals surface area contributed by atoms with Crippen LogP contribution in [-0.4, -0.2) is 50.9 Å². The Morgan fingerprint density at radius 2 is 1.88 bits per heavy atom. The first-order chi connectivity index (χ1) is 22.5. The number of benzene rings is 2. The number of phosphoric ester groups is 1. The number of aliphatic hydroxyl groups excluding tert-OH is 1. The lowest BCUT2D eigenvalue weighted by molar-refractivity contribution is -0.200. The van der Waals surface area contributed by atoms with Crippen molar-refractivity contribution in [2.24, 2.45) is 28.6 Å². The second-order valence-electron chi connectivity index (χ2n) is 14.3. The zero-order chi connectivity index (χ0) is 34.4. The van der Waals surface area contributed by atoms with Gasteiger partial charge in [-0.3, -0.25) is 14.1 Å². The number of alkyl halides is 2. The maximum absolute atomic E-state index is 15.4. The molecule has 4 aliphatic carbocycles. The maximum Gasteiger partial charge on any atom is 0.470 e. The maximum atomic E-state index is 15.4. The number of nitrogens with two attached hydrogens (primary N) is 1. The van der Waals surface area contributed by atoms with Gasteiger partial charge in [-0.1, -0.05) is 61.9 Å². The van der Waals surface area contributed by atoms with Crippen molar-refractivity contribution in [3.8, 4) is 0 Å². The molecule has 1 aliphatic heterocycles. The molecule has 0 spiro atoms. The van der Waals surface area contributed by atoms with Gasteiger partial charge in [0.1, 0.15) is 6.61 Å². The molecule has 2 aromatic rings. The van der Waals surface area contributed by atoms with E-state index in [1.807, 2.05) is 19.9 Å². The third-order valence-electron chi connectivity index (χ3n) is 11.8. The number of fused-ring (bicyclic) bond motifs is 7. The average Bonchev–Trinajstić information content (AvgIpc) is 3.53. The molecule has 13 heteroatoms. The quantitative estimate of drug-likeness (QED) is 0.227. The Kier molecular flexibility index (Phi) is 7.81. The molecule has 48 heavy (non-hydrogen) atoms. The molecule has 1 heterocycles. The number of nitrogen functional groups attached to an aromatic ring is 1. The molecular formula is C35H38F2NO9P. The van der Waals surface area contributed by atoms with Crippen molar-refractivity contribution in [3.05, 3.63) is 89.0 Å². The SMILES string of the molecule is C[C@]12C=CC(=O)C=C1CC[C@@H]1[C@@H]2[C@@H](O)C[C@@]2(C)[C@H]1C[C@H]1O[C@@H](c3ccc(C(F)(F)c4cccc(N)c4)cc3)O[C@]12C(=O)COP(=O)(O)O. The number of carbonyl (C=O) groups is 2. The van der Waals surface area contributed by atoms with Gasteiger partial charge in [-0.2, -0.15) is 8.78 Å². The molecule has 5 N–H and O–H groups in total. The first-order valence-corrected chi connectivity index (χ1v) is 17.6. The number of phosphoric acid groups is 1. The van der Waals surface area contributed by atoms with E-state index in [1.165, 1.54) is 54.6 Å². The summed E-state index contributed by atoms with van der Waals surface area (Å²) in [5.41, 5.74) is 3.34.